The third kappa shape index (κ3) is 10.5. The third-order valence-electron chi connectivity index (χ3n) is 9.48. The van der Waals surface area contributed by atoms with Crippen LogP contribution in [0.4, 0.5) is 5.69 Å². The number of fused-ring (bicyclic) bond motifs is 1. The van der Waals surface area contributed by atoms with Gasteiger partial charge < -0.3 is 9.47 Å². The van der Waals surface area contributed by atoms with Gasteiger partial charge in [-0.05, 0) is 49.1 Å². The van der Waals surface area contributed by atoms with Gasteiger partial charge in [-0.25, -0.2) is 4.98 Å². The van der Waals surface area contributed by atoms with Crippen molar-refractivity contribution < 1.29 is 4.79 Å². The summed E-state index contributed by atoms with van der Waals surface area (Å²) in [5.41, 5.74) is 4.65. The van der Waals surface area contributed by atoms with Gasteiger partial charge in [-0.15, -0.1) is 0 Å². The summed E-state index contributed by atoms with van der Waals surface area (Å²) in [6.45, 7) is 6.23. The van der Waals surface area contributed by atoms with Gasteiger partial charge in [-0.2, -0.15) is 0 Å². The maximum atomic E-state index is 13.1. The van der Waals surface area contributed by atoms with E-state index in [9.17, 15) is 4.79 Å². The third-order valence-corrected chi connectivity index (χ3v) is 9.48. The minimum Gasteiger partial charge on any atom is -0.328 e. The molecular formula is C39H59N3O. The quantitative estimate of drug-likeness (QED) is 0.110. The Morgan fingerprint density at radius 2 is 1.23 bits per heavy atom. The summed E-state index contributed by atoms with van der Waals surface area (Å²) >= 11 is 0. The number of rotatable bonds is 22. The molecule has 43 heavy (non-hydrogen) atoms. The molecule has 0 spiro atoms. The minimum atomic E-state index is 0.140. The number of benzene rings is 2. The second-order valence-corrected chi connectivity index (χ2v) is 13.1. The van der Waals surface area contributed by atoms with Crippen molar-refractivity contribution >= 4 is 22.6 Å². The maximum absolute atomic E-state index is 13.1. The number of hydrogen-bond acceptors (Lipinski definition) is 2. The van der Waals surface area contributed by atoms with E-state index in [4.69, 9.17) is 4.98 Å². The highest BCUT2D eigenvalue weighted by molar-refractivity contribution is 5.96. The first kappa shape index (κ1) is 33.3. The summed E-state index contributed by atoms with van der Waals surface area (Å²) in [5.74, 6) is 1.45. The molecule has 1 fully saturated rings. The molecule has 0 aliphatic carbocycles. The lowest BCUT2D eigenvalue weighted by molar-refractivity contribution is -0.117. The predicted molar refractivity (Wildman–Crippen MR) is 184 cm³/mol. The summed E-state index contributed by atoms with van der Waals surface area (Å²) in [4.78, 5) is 20.2. The van der Waals surface area contributed by atoms with Crippen molar-refractivity contribution in [3.8, 4) is 0 Å². The van der Waals surface area contributed by atoms with Crippen LogP contribution >= 0.6 is 0 Å². The molecule has 3 aromatic rings. The van der Waals surface area contributed by atoms with Crippen molar-refractivity contribution in [2.75, 3.05) is 11.4 Å². The smallest absolute Gasteiger partial charge is 0.227 e. The molecule has 2 heterocycles. The zero-order valence-electron chi connectivity index (χ0n) is 27.5. The molecule has 1 saturated heterocycles. The van der Waals surface area contributed by atoms with E-state index in [2.05, 4.69) is 66.9 Å². The van der Waals surface area contributed by atoms with E-state index in [0.29, 0.717) is 6.42 Å². The van der Waals surface area contributed by atoms with Gasteiger partial charge in [0, 0.05) is 31.1 Å². The molecule has 2 aromatic carbocycles. The van der Waals surface area contributed by atoms with Crippen LogP contribution in [0, 0.1) is 0 Å². The van der Waals surface area contributed by atoms with Crippen LogP contribution in [-0.4, -0.2) is 22.0 Å². The lowest BCUT2D eigenvalue weighted by Gasteiger charge is -2.18. The Hall–Kier alpha value is -2.62. The van der Waals surface area contributed by atoms with Gasteiger partial charge >= 0.3 is 0 Å². The molecule has 1 atom stereocenters. The summed E-state index contributed by atoms with van der Waals surface area (Å²) in [6, 6.07) is 17.1. The number of imidazole rings is 1. The monoisotopic (exact) mass is 585 g/mol. The topological polar surface area (TPSA) is 38.1 Å². The van der Waals surface area contributed by atoms with Gasteiger partial charge in [-0.1, -0.05) is 141 Å². The van der Waals surface area contributed by atoms with E-state index < -0.39 is 0 Å². The number of para-hydroxylation sites is 2. The van der Waals surface area contributed by atoms with Gasteiger partial charge in [0.25, 0.3) is 0 Å². The van der Waals surface area contributed by atoms with Crippen LogP contribution in [0.1, 0.15) is 153 Å². The van der Waals surface area contributed by atoms with E-state index >= 15 is 0 Å². The first-order valence-electron chi connectivity index (χ1n) is 18.1. The summed E-state index contributed by atoms with van der Waals surface area (Å²) in [6.07, 6.45) is 26.2. The van der Waals surface area contributed by atoms with Crippen molar-refractivity contribution in [3.05, 3.63) is 59.9 Å². The Labute approximate surface area is 262 Å². The standard InChI is InChI=1S/C39H59N3O/c1-3-5-7-8-9-10-11-12-13-14-15-16-17-18-19-22-30-41-37-25-21-20-24-36(37)40-39(41)34-31-38(43)42(32-34)35-28-26-33(27-29-35)23-6-4-2/h20-21,24-29,34H,3-19,22-23,30-32H2,1-2H3. The predicted octanol–water partition coefficient (Wildman–Crippen LogP) is 11.2. The van der Waals surface area contributed by atoms with Crippen LogP contribution in [0.25, 0.3) is 11.0 Å². The Bertz CT molecular complexity index is 1200. The molecule has 4 nitrogen and oxygen atoms in total. The van der Waals surface area contributed by atoms with Gasteiger partial charge in [-0.3, -0.25) is 4.79 Å². The van der Waals surface area contributed by atoms with E-state index in [1.165, 1.54) is 127 Å². The number of hydrogen-bond donors (Lipinski definition) is 0. The van der Waals surface area contributed by atoms with Crippen molar-refractivity contribution in [2.24, 2.45) is 0 Å². The summed E-state index contributed by atoms with van der Waals surface area (Å²) in [5, 5.41) is 0. The van der Waals surface area contributed by atoms with Crippen LogP contribution < -0.4 is 4.90 Å². The molecule has 1 unspecified atom stereocenters. The lowest BCUT2D eigenvalue weighted by Crippen LogP contribution is -2.24. The number of anilines is 1. The number of unbranched alkanes of at least 4 members (excludes halogenated alkanes) is 16. The molecule has 1 amide bonds. The molecule has 0 bridgehead atoms. The van der Waals surface area contributed by atoms with E-state index in [-0.39, 0.29) is 11.8 Å². The summed E-state index contributed by atoms with van der Waals surface area (Å²) in [7, 11) is 0. The number of aryl methyl sites for hydroxylation is 2. The van der Waals surface area contributed by atoms with Crippen LogP contribution in [-0.2, 0) is 17.8 Å². The molecule has 0 radical (unpaired) electrons. The number of aromatic nitrogens is 2. The molecular weight excluding hydrogens is 526 g/mol. The van der Waals surface area contributed by atoms with E-state index in [1.807, 2.05) is 4.90 Å². The second-order valence-electron chi connectivity index (χ2n) is 13.1. The summed E-state index contributed by atoms with van der Waals surface area (Å²) < 4.78 is 2.43. The Balaban J connectivity index is 1.18. The van der Waals surface area contributed by atoms with Crippen molar-refractivity contribution in [1.82, 2.24) is 9.55 Å². The first-order chi connectivity index (χ1) is 21.2. The zero-order valence-corrected chi connectivity index (χ0v) is 27.5. The Morgan fingerprint density at radius 3 is 1.84 bits per heavy atom. The van der Waals surface area contributed by atoms with Crippen LogP contribution in [0.2, 0.25) is 0 Å². The van der Waals surface area contributed by atoms with E-state index in [0.717, 1.165) is 36.5 Å². The van der Waals surface area contributed by atoms with Crippen LogP contribution in [0.5, 0.6) is 0 Å². The maximum Gasteiger partial charge on any atom is 0.227 e. The normalized spacial score (nSPS) is 15.3. The Morgan fingerprint density at radius 1 is 0.674 bits per heavy atom. The van der Waals surface area contributed by atoms with Crippen molar-refractivity contribution in [3.63, 3.8) is 0 Å². The van der Waals surface area contributed by atoms with Crippen LogP contribution in [0.15, 0.2) is 48.5 Å². The molecule has 236 valence electrons. The average Bonchev–Trinajstić information content (AvgIpc) is 3.60. The molecule has 1 aromatic heterocycles. The number of amides is 1. The van der Waals surface area contributed by atoms with Gasteiger partial charge in [0.2, 0.25) is 5.91 Å². The zero-order chi connectivity index (χ0) is 30.1. The number of carbonyl (C=O) groups is 1. The highest BCUT2D eigenvalue weighted by atomic mass is 16.2. The highest BCUT2D eigenvalue weighted by Gasteiger charge is 2.34. The fourth-order valence-corrected chi connectivity index (χ4v) is 6.81. The molecule has 0 saturated carbocycles. The van der Waals surface area contributed by atoms with Gasteiger partial charge in [0.15, 0.2) is 0 Å². The highest BCUT2D eigenvalue weighted by Crippen LogP contribution is 2.33. The molecule has 4 heteroatoms. The van der Waals surface area contributed by atoms with E-state index in [1.54, 1.807) is 0 Å². The fraction of sp³-hybridized carbons (Fsp3) is 0.641. The molecule has 0 N–H and O–H groups in total. The van der Waals surface area contributed by atoms with Crippen LogP contribution in [0.3, 0.4) is 0 Å². The fourth-order valence-electron chi connectivity index (χ4n) is 6.81. The SMILES string of the molecule is CCCCCCCCCCCCCCCCCCn1c(C2CC(=O)N(c3ccc(CCCC)cc3)C2)nc2ccccc21. The van der Waals surface area contributed by atoms with Gasteiger partial charge in [0.05, 0.1) is 11.0 Å². The lowest BCUT2D eigenvalue weighted by atomic mass is 10.0. The molecule has 1 aliphatic heterocycles. The second kappa shape index (κ2) is 18.9. The first-order valence-corrected chi connectivity index (χ1v) is 18.1. The van der Waals surface area contributed by atoms with Gasteiger partial charge in [0.1, 0.15) is 5.82 Å². The average molecular weight is 586 g/mol. The Kier molecular flexibility index (Phi) is 14.6. The minimum absolute atomic E-state index is 0.140. The largest absolute Gasteiger partial charge is 0.328 e. The number of carbonyl (C=O) groups excluding carboxylic acids is 1. The molecule has 4 rings (SSSR count). The van der Waals surface area contributed by atoms with Crippen molar-refractivity contribution in [1.29, 1.82) is 0 Å². The number of nitrogens with zero attached hydrogens (tertiary/aromatic N) is 3. The molecule has 1 aliphatic rings. The van der Waals surface area contributed by atoms with Crippen molar-refractivity contribution in [2.45, 2.75) is 155 Å².